The zero-order valence-electron chi connectivity index (χ0n) is 20.1. The Morgan fingerprint density at radius 2 is 1.69 bits per heavy atom. The Morgan fingerprint density at radius 3 is 2.31 bits per heavy atom. The second-order valence-electron chi connectivity index (χ2n) is 8.13. The standard InChI is InChI=1S/C27H27N3O5/c1-16-12-23-25(27(31)30(16)11-10-17-8-6-5-7-9-17)24(19(15-28)26(29)35-23)18-13-21(33-3)22(34-4)14-20(18)32-2/h5-9,12-14,24H,10-11,29H2,1-4H3/t24-/m0/s1. The molecule has 4 rings (SSSR count). The van der Waals surface area contributed by atoms with Crippen molar-refractivity contribution in [3.8, 4) is 29.1 Å². The maximum Gasteiger partial charge on any atom is 0.258 e. The van der Waals surface area contributed by atoms with Crippen LogP contribution in [-0.2, 0) is 13.0 Å². The Labute approximate surface area is 203 Å². The van der Waals surface area contributed by atoms with Gasteiger partial charge in [-0.3, -0.25) is 4.79 Å². The van der Waals surface area contributed by atoms with Crippen molar-refractivity contribution in [1.82, 2.24) is 4.57 Å². The van der Waals surface area contributed by atoms with E-state index in [1.54, 1.807) is 22.8 Å². The molecule has 1 aliphatic heterocycles. The van der Waals surface area contributed by atoms with Crippen LogP contribution >= 0.6 is 0 Å². The van der Waals surface area contributed by atoms with Crippen LogP contribution in [0.25, 0.3) is 0 Å². The summed E-state index contributed by atoms with van der Waals surface area (Å²) >= 11 is 0. The zero-order chi connectivity index (χ0) is 25.1. The molecule has 0 aliphatic carbocycles. The molecular weight excluding hydrogens is 446 g/mol. The van der Waals surface area contributed by atoms with E-state index in [4.69, 9.17) is 24.7 Å². The summed E-state index contributed by atoms with van der Waals surface area (Å²) in [5.41, 5.74) is 8.74. The van der Waals surface area contributed by atoms with Crippen LogP contribution in [0, 0.1) is 18.3 Å². The molecule has 35 heavy (non-hydrogen) atoms. The molecule has 8 heteroatoms. The number of nitrogens with two attached hydrogens (primary N) is 1. The van der Waals surface area contributed by atoms with Crippen LogP contribution < -0.4 is 30.2 Å². The number of aryl methyl sites for hydroxylation is 2. The van der Waals surface area contributed by atoms with Crippen LogP contribution in [0.15, 0.2) is 64.8 Å². The number of methoxy groups -OCH3 is 3. The predicted molar refractivity (Wildman–Crippen MR) is 131 cm³/mol. The largest absolute Gasteiger partial charge is 0.496 e. The highest BCUT2D eigenvalue weighted by atomic mass is 16.5. The van der Waals surface area contributed by atoms with Gasteiger partial charge in [-0.2, -0.15) is 5.26 Å². The summed E-state index contributed by atoms with van der Waals surface area (Å²) in [6, 6.07) is 17.2. The summed E-state index contributed by atoms with van der Waals surface area (Å²) in [4.78, 5) is 13.9. The highest BCUT2D eigenvalue weighted by Crippen LogP contribution is 2.46. The van der Waals surface area contributed by atoms with Gasteiger partial charge in [-0.05, 0) is 25.0 Å². The minimum absolute atomic E-state index is 0.0531. The van der Waals surface area contributed by atoms with Crippen LogP contribution in [0.4, 0.5) is 0 Å². The van der Waals surface area contributed by atoms with Crippen LogP contribution in [0.1, 0.15) is 28.3 Å². The van der Waals surface area contributed by atoms with E-state index in [9.17, 15) is 10.1 Å². The van der Waals surface area contributed by atoms with Gasteiger partial charge in [-0.15, -0.1) is 0 Å². The topological polar surface area (TPSA) is 109 Å². The lowest BCUT2D eigenvalue weighted by Crippen LogP contribution is -2.33. The van der Waals surface area contributed by atoms with Gasteiger partial charge in [0.1, 0.15) is 23.1 Å². The average molecular weight is 474 g/mol. The van der Waals surface area contributed by atoms with Crippen molar-refractivity contribution in [2.24, 2.45) is 5.73 Å². The number of allylic oxidation sites excluding steroid dienone is 1. The molecule has 2 aromatic carbocycles. The molecule has 0 bridgehead atoms. The number of rotatable bonds is 7. The van der Waals surface area contributed by atoms with Crippen molar-refractivity contribution >= 4 is 0 Å². The highest BCUT2D eigenvalue weighted by molar-refractivity contribution is 5.61. The minimum Gasteiger partial charge on any atom is -0.496 e. The van der Waals surface area contributed by atoms with E-state index in [1.165, 1.54) is 21.3 Å². The summed E-state index contributed by atoms with van der Waals surface area (Å²) in [5, 5.41) is 10.0. The van der Waals surface area contributed by atoms with Gasteiger partial charge in [0.2, 0.25) is 5.88 Å². The molecule has 0 amide bonds. The molecule has 2 N–H and O–H groups in total. The Kier molecular flexibility index (Phi) is 6.69. The molecular formula is C27H27N3O5. The van der Waals surface area contributed by atoms with E-state index in [1.807, 2.05) is 37.3 Å². The Hall–Kier alpha value is -4.38. The molecule has 3 aromatic rings. The van der Waals surface area contributed by atoms with E-state index < -0.39 is 5.92 Å². The lowest BCUT2D eigenvalue weighted by molar-refractivity contribution is 0.346. The predicted octanol–water partition coefficient (Wildman–Crippen LogP) is 3.64. The number of benzene rings is 2. The number of nitriles is 1. The Morgan fingerprint density at radius 1 is 1.03 bits per heavy atom. The summed E-state index contributed by atoms with van der Waals surface area (Å²) in [6.07, 6.45) is 0.675. The average Bonchev–Trinajstić information content (AvgIpc) is 2.87. The lowest BCUT2D eigenvalue weighted by atomic mass is 9.83. The third-order valence-electron chi connectivity index (χ3n) is 6.20. The SMILES string of the molecule is COc1cc(OC)c([C@H]2C(C#N)=C(N)Oc3cc(C)n(CCc4ccccc4)c(=O)c32)cc1OC. The van der Waals surface area contributed by atoms with E-state index in [0.29, 0.717) is 47.1 Å². The number of nitrogens with zero attached hydrogens (tertiary/aromatic N) is 2. The number of fused-ring (bicyclic) bond motifs is 1. The first-order chi connectivity index (χ1) is 16.9. The summed E-state index contributed by atoms with van der Waals surface area (Å²) in [5.74, 6) is 0.777. The molecule has 0 fully saturated rings. The van der Waals surface area contributed by atoms with Crippen molar-refractivity contribution in [2.45, 2.75) is 25.8 Å². The van der Waals surface area contributed by atoms with Crippen molar-refractivity contribution in [1.29, 1.82) is 5.26 Å². The molecule has 0 saturated carbocycles. The Bertz CT molecular complexity index is 1390. The normalized spacial score (nSPS) is 14.5. The number of pyridine rings is 1. The molecule has 180 valence electrons. The van der Waals surface area contributed by atoms with Crippen LogP contribution in [0.2, 0.25) is 0 Å². The van der Waals surface area contributed by atoms with Gasteiger partial charge in [-0.25, -0.2) is 0 Å². The highest BCUT2D eigenvalue weighted by Gasteiger charge is 2.36. The number of hydrogen-bond donors (Lipinski definition) is 1. The second-order valence-corrected chi connectivity index (χ2v) is 8.13. The first kappa shape index (κ1) is 23.8. The van der Waals surface area contributed by atoms with E-state index in [0.717, 1.165) is 11.3 Å². The lowest BCUT2D eigenvalue weighted by Gasteiger charge is -2.28. The summed E-state index contributed by atoms with van der Waals surface area (Å²) in [7, 11) is 4.55. The molecule has 0 saturated heterocycles. The van der Waals surface area contributed by atoms with Gasteiger partial charge < -0.3 is 29.2 Å². The second kappa shape index (κ2) is 9.85. The molecule has 0 unspecified atom stereocenters. The van der Waals surface area contributed by atoms with Crippen molar-refractivity contribution in [2.75, 3.05) is 21.3 Å². The van der Waals surface area contributed by atoms with Crippen molar-refractivity contribution in [3.63, 3.8) is 0 Å². The van der Waals surface area contributed by atoms with Gasteiger partial charge in [0.25, 0.3) is 5.56 Å². The monoisotopic (exact) mass is 473 g/mol. The van der Waals surface area contributed by atoms with Gasteiger partial charge in [0.05, 0.1) is 32.8 Å². The molecule has 0 spiro atoms. The van der Waals surface area contributed by atoms with Crippen LogP contribution in [-0.4, -0.2) is 25.9 Å². The minimum atomic E-state index is -0.811. The molecule has 2 heterocycles. The summed E-state index contributed by atoms with van der Waals surface area (Å²) < 4.78 is 24.0. The zero-order valence-corrected chi connectivity index (χ0v) is 20.1. The van der Waals surface area contributed by atoms with Crippen LogP contribution in [0.5, 0.6) is 23.0 Å². The fourth-order valence-corrected chi connectivity index (χ4v) is 4.44. The first-order valence-electron chi connectivity index (χ1n) is 11.1. The maximum absolute atomic E-state index is 13.9. The van der Waals surface area contributed by atoms with E-state index in [2.05, 4.69) is 6.07 Å². The smallest absolute Gasteiger partial charge is 0.258 e. The fraction of sp³-hybridized carbons (Fsp3) is 0.259. The van der Waals surface area contributed by atoms with E-state index >= 15 is 0 Å². The number of ether oxygens (including phenoxy) is 4. The molecule has 8 nitrogen and oxygen atoms in total. The molecule has 0 radical (unpaired) electrons. The van der Waals surface area contributed by atoms with E-state index in [-0.39, 0.29) is 17.0 Å². The van der Waals surface area contributed by atoms with Crippen molar-refractivity contribution < 1.29 is 18.9 Å². The maximum atomic E-state index is 13.9. The number of hydrogen-bond acceptors (Lipinski definition) is 7. The third-order valence-corrected chi connectivity index (χ3v) is 6.20. The summed E-state index contributed by atoms with van der Waals surface area (Å²) in [6.45, 7) is 2.32. The third kappa shape index (κ3) is 4.28. The van der Waals surface area contributed by atoms with Crippen LogP contribution in [0.3, 0.4) is 0 Å². The van der Waals surface area contributed by atoms with Gasteiger partial charge in [0, 0.05) is 29.9 Å². The number of aromatic nitrogens is 1. The van der Waals surface area contributed by atoms with Gasteiger partial charge in [0.15, 0.2) is 11.5 Å². The first-order valence-corrected chi connectivity index (χ1v) is 11.1. The molecule has 1 aromatic heterocycles. The fourth-order valence-electron chi connectivity index (χ4n) is 4.44. The molecule has 1 atom stereocenters. The van der Waals surface area contributed by atoms with Gasteiger partial charge in [-0.1, -0.05) is 30.3 Å². The van der Waals surface area contributed by atoms with Gasteiger partial charge >= 0.3 is 0 Å². The quantitative estimate of drug-likeness (QED) is 0.558. The van der Waals surface area contributed by atoms with Crippen molar-refractivity contribution in [3.05, 3.63) is 92.7 Å². The molecule has 1 aliphatic rings. The Balaban J connectivity index is 1.92.